The number of rotatable bonds is 5. The van der Waals surface area contributed by atoms with E-state index in [1.165, 1.54) is 0 Å². The summed E-state index contributed by atoms with van der Waals surface area (Å²) in [6.45, 7) is 3.96. The summed E-state index contributed by atoms with van der Waals surface area (Å²) in [4.78, 5) is 23.6. The van der Waals surface area contributed by atoms with Gasteiger partial charge in [-0.2, -0.15) is 5.10 Å². The van der Waals surface area contributed by atoms with Gasteiger partial charge in [-0.15, -0.1) is 0 Å². The SMILES string of the molecule is Cn1cc(CNC(=O)[C@@H]2[C@H](C(=O)O)C2(C)C)c(-c2ccccc2)n1. The second-order valence-electron chi connectivity index (χ2n) is 6.88. The smallest absolute Gasteiger partial charge is 0.307 e. The predicted molar refractivity (Wildman–Crippen MR) is 88.9 cm³/mol. The summed E-state index contributed by atoms with van der Waals surface area (Å²) in [6, 6.07) is 9.76. The lowest BCUT2D eigenvalue weighted by molar-refractivity contribution is -0.140. The lowest BCUT2D eigenvalue weighted by Gasteiger charge is -2.06. The first-order valence-corrected chi connectivity index (χ1v) is 7.91. The van der Waals surface area contributed by atoms with E-state index in [1.54, 1.807) is 4.68 Å². The van der Waals surface area contributed by atoms with Gasteiger partial charge in [0.15, 0.2) is 0 Å². The number of nitrogens with zero attached hydrogens (tertiary/aromatic N) is 2. The number of hydrogen-bond donors (Lipinski definition) is 2. The molecule has 0 aliphatic heterocycles. The van der Waals surface area contributed by atoms with Gasteiger partial charge in [-0.25, -0.2) is 0 Å². The zero-order chi connectivity index (χ0) is 17.5. The largest absolute Gasteiger partial charge is 0.481 e. The number of amides is 1. The quantitative estimate of drug-likeness (QED) is 0.880. The predicted octanol–water partition coefficient (Wildman–Crippen LogP) is 2.06. The van der Waals surface area contributed by atoms with E-state index in [0.29, 0.717) is 6.54 Å². The van der Waals surface area contributed by atoms with Crippen molar-refractivity contribution >= 4 is 11.9 Å². The molecule has 2 aromatic rings. The third-order valence-electron chi connectivity index (χ3n) is 4.78. The Morgan fingerprint density at radius 1 is 1.25 bits per heavy atom. The van der Waals surface area contributed by atoms with Gasteiger partial charge >= 0.3 is 5.97 Å². The number of carbonyl (C=O) groups is 2. The fourth-order valence-electron chi connectivity index (χ4n) is 3.39. The van der Waals surface area contributed by atoms with Crippen LogP contribution in [0.25, 0.3) is 11.3 Å². The molecule has 1 aliphatic carbocycles. The molecule has 1 heterocycles. The summed E-state index contributed by atoms with van der Waals surface area (Å²) in [6.07, 6.45) is 1.87. The van der Waals surface area contributed by atoms with Gasteiger partial charge < -0.3 is 10.4 Å². The van der Waals surface area contributed by atoms with Gasteiger partial charge in [-0.1, -0.05) is 44.2 Å². The van der Waals surface area contributed by atoms with E-state index < -0.39 is 23.2 Å². The molecule has 0 radical (unpaired) electrons. The van der Waals surface area contributed by atoms with E-state index in [4.69, 9.17) is 0 Å². The molecule has 3 rings (SSSR count). The number of aromatic nitrogens is 2. The number of benzene rings is 1. The third kappa shape index (κ3) is 2.79. The minimum Gasteiger partial charge on any atom is -0.481 e. The first-order chi connectivity index (χ1) is 11.3. The van der Waals surface area contributed by atoms with Crippen LogP contribution < -0.4 is 5.32 Å². The lowest BCUT2D eigenvalue weighted by Crippen LogP contribution is -2.26. The molecule has 0 bridgehead atoms. The molecule has 24 heavy (non-hydrogen) atoms. The van der Waals surface area contributed by atoms with Crippen LogP contribution in [0.4, 0.5) is 0 Å². The van der Waals surface area contributed by atoms with Gasteiger partial charge in [0.05, 0.1) is 17.5 Å². The van der Waals surface area contributed by atoms with Crippen molar-refractivity contribution in [1.29, 1.82) is 0 Å². The second kappa shape index (κ2) is 5.78. The fraction of sp³-hybridized carbons (Fsp3) is 0.389. The summed E-state index contributed by atoms with van der Waals surface area (Å²) in [5.74, 6) is -2.21. The van der Waals surface area contributed by atoms with Gasteiger partial charge in [0.2, 0.25) is 5.91 Å². The van der Waals surface area contributed by atoms with Crippen molar-refractivity contribution < 1.29 is 14.7 Å². The third-order valence-corrected chi connectivity index (χ3v) is 4.78. The molecule has 2 atom stereocenters. The first-order valence-electron chi connectivity index (χ1n) is 7.91. The summed E-state index contributed by atoms with van der Waals surface area (Å²) in [5.41, 5.74) is 2.22. The zero-order valence-corrected chi connectivity index (χ0v) is 14.0. The number of carboxylic acid groups (broad SMARTS) is 1. The molecule has 1 aromatic heterocycles. The van der Waals surface area contributed by atoms with Crippen molar-refractivity contribution in [2.75, 3.05) is 0 Å². The standard InChI is InChI=1S/C18H21N3O3/c1-18(2)13(14(18)17(23)24)16(22)19-9-12-10-21(3)20-15(12)11-7-5-4-6-8-11/h4-8,10,13-14H,9H2,1-3H3,(H,19,22)(H,23,24)/t13-,14+/m0/s1. The minimum absolute atomic E-state index is 0.213. The number of nitrogens with one attached hydrogen (secondary N) is 1. The molecule has 1 fully saturated rings. The number of aliphatic carboxylic acids is 1. The molecular weight excluding hydrogens is 306 g/mol. The van der Waals surface area contributed by atoms with Crippen molar-refractivity contribution in [3.8, 4) is 11.3 Å². The zero-order valence-electron chi connectivity index (χ0n) is 14.0. The monoisotopic (exact) mass is 327 g/mol. The van der Waals surface area contributed by atoms with Crippen LogP contribution in [0.5, 0.6) is 0 Å². The summed E-state index contributed by atoms with van der Waals surface area (Å²) >= 11 is 0. The van der Waals surface area contributed by atoms with Gasteiger partial charge in [-0.05, 0) is 5.41 Å². The van der Waals surface area contributed by atoms with Gasteiger partial charge in [-0.3, -0.25) is 14.3 Å². The molecule has 0 saturated heterocycles. The van der Waals surface area contributed by atoms with Crippen molar-refractivity contribution in [3.05, 3.63) is 42.1 Å². The highest BCUT2D eigenvalue weighted by molar-refractivity contribution is 5.91. The van der Waals surface area contributed by atoms with Crippen LogP contribution in [0.15, 0.2) is 36.5 Å². The molecule has 6 nitrogen and oxygen atoms in total. The Kier molecular flexibility index (Phi) is 3.91. The Balaban J connectivity index is 1.72. The molecule has 6 heteroatoms. The molecule has 126 valence electrons. The summed E-state index contributed by atoms with van der Waals surface area (Å²) in [5, 5.41) is 16.5. The van der Waals surface area contributed by atoms with Crippen LogP contribution in [0.1, 0.15) is 19.4 Å². The average Bonchev–Trinajstić information content (AvgIpc) is 2.93. The molecule has 1 aromatic carbocycles. The van der Waals surface area contributed by atoms with Crippen LogP contribution in [0, 0.1) is 17.3 Å². The highest BCUT2D eigenvalue weighted by atomic mass is 16.4. The Morgan fingerprint density at radius 3 is 2.50 bits per heavy atom. The van der Waals surface area contributed by atoms with E-state index in [-0.39, 0.29) is 5.91 Å². The number of hydrogen-bond acceptors (Lipinski definition) is 3. The van der Waals surface area contributed by atoms with Crippen LogP contribution in [-0.2, 0) is 23.2 Å². The Morgan fingerprint density at radius 2 is 1.92 bits per heavy atom. The first kappa shape index (κ1) is 16.2. The number of aryl methyl sites for hydroxylation is 1. The molecule has 1 saturated carbocycles. The Hall–Kier alpha value is -2.63. The minimum atomic E-state index is -0.911. The van der Waals surface area contributed by atoms with E-state index >= 15 is 0 Å². The average molecular weight is 327 g/mol. The Bertz CT molecular complexity index is 780. The highest BCUT2D eigenvalue weighted by Crippen LogP contribution is 2.58. The van der Waals surface area contributed by atoms with Gasteiger partial charge in [0.1, 0.15) is 0 Å². The van der Waals surface area contributed by atoms with Crippen molar-refractivity contribution in [2.45, 2.75) is 20.4 Å². The fourth-order valence-corrected chi connectivity index (χ4v) is 3.39. The van der Waals surface area contributed by atoms with Crippen molar-refractivity contribution in [2.24, 2.45) is 24.3 Å². The van der Waals surface area contributed by atoms with Gasteiger partial charge in [0, 0.05) is 30.9 Å². The van der Waals surface area contributed by atoms with Crippen LogP contribution in [-0.4, -0.2) is 26.8 Å². The van der Waals surface area contributed by atoms with Crippen LogP contribution >= 0.6 is 0 Å². The number of carbonyl (C=O) groups excluding carboxylic acids is 1. The normalized spacial score (nSPS) is 21.3. The molecule has 0 unspecified atom stereocenters. The van der Waals surface area contributed by atoms with E-state index in [2.05, 4.69) is 10.4 Å². The molecule has 1 aliphatic rings. The maximum absolute atomic E-state index is 12.4. The highest BCUT2D eigenvalue weighted by Gasteiger charge is 2.65. The Labute approximate surface area is 140 Å². The van der Waals surface area contributed by atoms with Gasteiger partial charge in [0.25, 0.3) is 0 Å². The lowest BCUT2D eigenvalue weighted by atomic mass is 10.1. The van der Waals surface area contributed by atoms with E-state index in [9.17, 15) is 14.7 Å². The topological polar surface area (TPSA) is 84.2 Å². The second-order valence-corrected chi connectivity index (χ2v) is 6.88. The molecule has 0 spiro atoms. The molecule has 1 amide bonds. The summed E-state index contributed by atoms with van der Waals surface area (Å²) in [7, 11) is 1.84. The maximum Gasteiger partial charge on any atom is 0.307 e. The van der Waals surface area contributed by atoms with Crippen molar-refractivity contribution in [1.82, 2.24) is 15.1 Å². The maximum atomic E-state index is 12.4. The van der Waals surface area contributed by atoms with Crippen LogP contribution in [0.2, 0.25) is 0 Å². The molecular formula is C18H21N3O3. The number of carboxylic acids is 1. The van der Waals surface area contributed by atoms with E-state index in [0.717, 1.165) is 16.8 Å². The van der Waals surface area contributed by atoms with E-state index in [1.807, 2.05) is 57.4 Å². The molecule has 2 N–H and O–H groups in total. The van der Waals surface area contributed by atoms with Crippen LogP contribution in [0.3, 0.4) is 0 Å². The van der Waals surface area contributed by atoms with Crippen molar-refractivity contribution in [3.63, 3.8) is 0 Å². The summed E-state index contributed by atoms with van der Waals surface area (Å²) < 4.78 is 1.71.